The Morgan fingerprint density at radius 3 is 2.29 bits per heavy atom. The van der Waals surface area contributed by atoms with Crippen LogP contribution in [0.5, 0.6) is 5.75 Å². The van der Waals surface area contributed by atoms with Crippen LogP contribution in [0, 0.1) is 13.8 Å². The Labute approximate surface area is 204 Å². The second-order valence-corrected chi connectivity index (χ2v) is 8.84. The molecule has 0 radical (unpaired) electrons. The van der Waals surface area contributed by atoms with E-state index in [1.807, 2.05) is 24.3 Å². The van der Waals surface area contributed by atoms with Crippen molar-refractivity contribution >= 4 is 28.6 Å². The summed E-state index contributed by atoms with van der Waals surface area (Å²) in [6, 6.07) is 13.6. The van der Waals surface area contributed by atoms with Gasteiger partial charge >= 0.3 is 6.09 Å². The first kappa shape index (κ1) is 22.7. The number of hydrogen-bond donors (Lipinski definition) is 1. The van der Waals surface area contributed by atoms with E-state index in [1.165, 1.54) is 0 Å². The number of anilines is 2. The summed E-state index contributed by atoms with van der Waals surface area (Å²) in [5, 5.41) is 2.76. The Morgan fingerprint density at radius 1 is 0.886 bits per heavy atom. The third kappa shape index (κ3) is 4.79. The van der Waals surface area contributed by atoms with Gasteiger partial charge in [-0.1, -0.05) is 18.2 Å². The van der Waals surface area contributed by atoms with Gasteiger partial charge in [0.25, 0.3) is 0 Å². The summed E-state index contributed by atoms with van der Waals surface area (Å²) in [5.41, 5.74) is 6.16. The fourth-order valence-electron chi connectivity index (χ4n) is 4.48. The van der Waals surface area contributed by atoms with Gasteiger partial charge in [0.05, 0.1) is 11.9 Å². The van der Waals surface area contributed by atoms with Crippen LogP contribution in [0.2, 0.25) is 0 Å². The van der Waals surface area contributed by atoms with Crippen LogP contribution in [0.25, 0.3) is 22.2 Å². The minimum atomic E-state index is -0.606. The average molecular weight is 469 g/mol. The van der Waals surface area contributed by atoms with E-state index >= 15 is 0 Å². The van der Waals surface area contributed by atoms with Crippen LogP contribution in [0.15, 0.2) is 61.1 Å². The molecule has 1 fully saturated rings. The normalized spacial score (nSPS) is 14.2. The number of carbonyl (C=O) groups is 1. The summed E-state index contributed by atoms with van der Waals surface area (Å²) in [7, 11) is 2.12. The minimum absolute atomic E-state index is 0.350. The molecule has 0 aliphatic carbocycles. The van der Waals surface area contributed by atoms with Crippen molar-refractivity contribution in [1.29, 1.82) is 0 Å². The lowest BCUT2D eigenvalue weighted by Crippen LogP contribution is -2.44. The maximum absolute atomic E-state index is 12.7. The molecule has 1 amide bonds. The van der Waals surface area contributed by atoms with Gasteiger partial charge in [0.15, 0.2) is 5.75 Å². The molecule has 8 nitrogen and oxygen atoms in total. The molecule has 1 saturated heterocycles. The van der Waals surface area contributed by atoms with E-state index in [4.69, 9.17) is 4.74 Å². The third-order valence-corrected chi connectivity index (χ3v) is 6.36. The molecule has 8 heteroatoms. The molecule has 0 spiro atoms. The molecule has 1 aliphatic heterocycles. The maximum atomic E-state index is 12.7. The van der Waals surface area contributed by atoms with Gasteiger partial charge in [-0.2, -0.15) is 0 Å². The van der Waals surface area contributed by atoms with Crippen molar-refractivity contribution in [3.05, 3.63) is 72.2 Å². The van der Waals surface area contributed by atoms with Gasteiger partial charge in [-0.05, 0) is 61.9 Å². The monoisotopic (exact) mass is 468 g/mol. The number of pyridine rings is 1. The molecule has 0 saturated carbocycles. The van der Waals surface area contributed by atoms with Gasteiger partial charge in [0.1, 0.15) is 16.9 Å². The van der Waals surface area contributed by atoms with E-state index in [9.17, 15) is 4.79 Å². The van der Waals surface area contributed by atoms with Crippen LogP contribution in [0.3, 0.4) is 0 Å². The van der Waals surface area contributed by atoms with E-state index in [0.29, 0.717) is 22.5 Å². The van der Waals surface area contributed by atoms with Crippen molar-refractivity contribution in [2.24, 2.45) is 0 Å². The number of rotatable bonds is 4. The first-order chi connectivity index (χ1) is 17.0. The number of carbonyl (C=O) groups excluding carboxylic acids is 1. The van der Waals surface area contributed by atoms with Crippen molar-refractivity contribution in [3.8, 4) is 16.9 Å². The summed E-state index contributed by atoms with van der Waals surface area (Å²) in [4.78, 5) is 30.8. The van der Waals surface area contributed by atoms with Gasteiger partial charge in [0, 0.05) is 44.1 Å². The molecule has 5 rings (SSSR count). The molecule has 0 unspecified atom stereocenters. The number of nitrogens with one attached hydrogen (secondary N) is 1. The van der Waals surface area contributed by atoms with Crippen LogP contribution in [-0.4, -0.2) is 59.2 Å². The van der Waals surface area contributed by atoms with E-state index in [0.717, 1.165) is 54.3 Å². The van der Waals surface area contributed by atoms with Crippen LogP contribution >= 0.6 is 0 Å². The van der Waals surface area contributed by atoms with Gasteiger partial charge < -0.3 is 14.5 Å². The van der Waals surface area contributed by atoms with Gasteiger partial charge in [0.2, 0.25) is 0 Å². The van der Waals surface area contributed by atoms with Crippen molar-refractivity contribution in [2.45, 2.75) is 13.8 Å². The zero-order valence-electron chi connectivity index (χ0n) is 20.2. The Bertz CT molecular complexity index is 1340. The van der Waals surface area contributed by atoms with Crippen molar-refractivity contribution in [3.63, 3.8) is 0 Å². The third-order valence-electron chi connectivity index (χ3n) is 6.36. The van der Waals surface area contributed by atoms with Gasteiger partial charge in [-0.15, -0.1) is 0 Å². The first-order valence-electron chi connectivity index (χ1n) is 11.7. The van der Waals surface area contributed by atoms with E-state index < -0.39 is 6.09 Å². The lowest BCUT2D eigenvalue weighted by Gasteiger charge is -2.33. The highest BCUT2D eigenvalue weighted by Crippen LogP contribution is 2.35. The minimum Gasteiger partial charge on any atom is -0.408 e. The Hall–Kier alpha value is -4.04. The molecule has 1 aliphatic rings. The largest absolute Gasteiger partial charge is 0.417 e. The maximum Gasteiger partial charge on any atom is 0.417 e. The molecule has 2 aromatic carbocycles. The number of aromatic nitrogens is 3. The summed E-state index contributed by atoms with van der Waals surface area (Å²) < 4.78 is 5.65. The van der Waals surface area contributed by atoms with Gasteiger partial charge in [-0.25, -0.2) is 14.8 Å². The molecule has 3 heterocycles. The molecule has 4 aromatic rings. The van der Waals surface area contributed by atoms with E-state index in [2.05, 4.69) is 63.1 Å². The molecule has 0 bridgehead atoms. The number of likely N-dealkylation sites (N-methyl/N-ethyl adjacent to an activating group) is 1. The highest BCUT2D eigenvalue weighted by molar-refractivity contribution is 5.98. The van der Waals surface area contributed by atoms with Crippen molar-refractivity contribution < 1.29 is 9.53 Å². The van der Waals surface area contributed by atoms with Crippen LogP contribution in [0.4, 0.5) is 16.3 Å². The standard InChI is InChI=1S/C27H28N6O2/c1-18-5-4-6-19(2)24(18)21-8-9-22(26-25(21)28-11-12-29-26)35-27(34)31-20-7-10-23(30-17-20)33-15-13-32(3)14-16-33/h4-12,17H,13-16H2,1-3H3,(H,31,34). The topological polar surface area (TPSA) is 83.5 Å². The molecule has 0 atom stereocenters. The lowest BCUT2D eigenvalue weighted by molar-refractivity contribution is 0.215. The summed E-state index contributed by atoms with van der Waals surface area (Å²) in [6.45, 7) is 8.03. The second-order valence-electron chi connectivity index (χ2n) is 8.84. The Morgan fingerprint density at radius 2 is 1.60 bits per heavy atom. The van der Waals surface area contributed by atoms with Crippen molar-refractivity contribution in [2.75, 3.05) is 43.4 Å². The predicted molar refractivity (Wildman–Crippen MR) is 138 cm³/mol. The first-order valence-corrected chi connectivity index (χ1v) is 11.7. The highest BCUT2D eigenvalue weighted by Gasteiger charge is 2.18. The average Bonchev–Trinajstić information content (AvgIpc) is 2.86. The molecule has 1 N–H and O–H groups in total. The number of aryl methyl sites for hydroxylation is 2. The van der Waals surface area contributed by atoms with E-state index in [-0.39, 0.29) is 0 Å². The molecular formula is C27H28N6O2. The summed E-state index contributed by atoms with van der Waals surface area (Å²) in [6.07, 6.45) is 4.29. The number of nitrogens with zero attached hydrogens (tertiary/aromatic N) is 5. The number of ether oxygens (including phenoxy) is 1. The Balaban J connectivity index is 1.34. The molecule has 2 aromatic heterocycles. The number of hydrogen-bond acceptors (Lipinski definition) is 7. The fraction of sp³-hybridized carbons (Fsp3) is 0.259. The number of piperazine rings is 1. The second kappa shape index (κ2) is 9.68. The number of benzene rings is 2. The molecule has 35 heavy (non-hydrogen) atoms. The quantitative estimate of drug-likeness (QED) is 0.466. The summed E-state index contributed by atoms with van der Waals surface area (Å²) in [5.74, 6) is 1.25. The van der Waals surface area contributed by atoms with Gasteiger partial charge in [-0.3, -0.25) is 10.3 Å². The number of amides is 1. The predicted octanol–water partition coefficient (Wildman–Crippen LogP) is 4.67. The van der Waals surface area contributed by atoms with Crippen molar-refractivity contribution in [1.82, 2.24) is 19.9 Å². The van der Waals surface area contributed by atoms with Crippen LogP contribution in [-0.2, 0) is 0 Å². The Kier molecular flexibility index (Phi) is 6.29. The smallest absolute Gasteiger partial charge is 0.408 e. The molecular weight excluding hydrogens is 440 g/mol. The fourth-order valence-corrected chi connectivity index (χ4v) is 4.48. The summed E-state index contributed by atoms with van der Waals surface area (Å²) >= 11 is 0. The zero-order valence-corrected chi connectivity index (χ0v) is 20.2. The van der Waals surface area contributed by atoms with E-state index in [1.54, 1.807) is 24.7 Å². The number of fused-ring (bicyclic) bond motifs is 1. The van der Waals surface area contributed by atoms with Crippen LogP contribution < -0.4 is 15.0 Å². The SMILES string of the molecule is Cc1cccc(C)c1-c1ccc(OC(=O)Nc2ccc(N3CCN(C)CC3)nc2)c2nccnc12. The lowest BCUT2D eigenvalue weighted by atomic mass is 9.94. The van der Waals surface area contributed by atoms with Crippen LogP contribution in [0.1, 0.15) is 11.1 Å². The zero-order chi connectivity index (χ0) is 24.4. The highest BCUT2D eigenvalue weighted by atomic mass is 16.6. The molecule has 178 valence electrons.